The summed E-state index contributed by atoms with van der Waals surface area (Å²) < 4.78 is 25.7. The van der Waals surface area contributed by atoms with E-state index in [2.05, 4.69) is 5.32 Å². The predicted molar refractivity (Wildman–Crippen MR) is 57.7 cm³/mol. The van der Waals surface area contributed by atoms with Crippen LogP contribution in [0.3, 0.4) is 0 Å². The summed E-state index contributed by atoms with van der Waals surface area (Å²) in [5.74, 6) is 0. The second-order valence-electron chi connectivity index (χ2n) is 3.58. The highest BCUT2D eigenvalue weighted by molar-refractivity contribution is 7.89. The molecule has 0 spiro atoms. The SMILES string of the molecule is CCN(CC)S(=O)(=O)C1CCNCC1. The maximum atomic E-state index is 12.0. The summed E-state index contributed by atoms with van der Waals surface area (Å²) in [6.45, 7) is 6.60. The number of nitrogens with zero attached hydrogens (tertiary/aromatic N) is 1. The van der Waals surface area contributed by atoms with Gasteiger partial charge in [0.2, 0.25) is 10.0 Å². The fraction of sp³-hybridized carbons (Fsp3) is 1.00. The zero-order valence-electron chi connectivity index (χ0n) is 8.99. The van der Waals surface area contributed by atoms with Gasteiger partial charge in [0.15, 0.2) is 0 Å². The maximum Gasteiger partial charge on any atom is 0.217 e. The van der Waals surface area contributed by atoms with Gasteiger partial charge in [0.1, 0.15) is 0 Å². The standard InChI is InChI=1S/C9H20N2O2S/c1-3-11(4-2)14(12,13)9-5-7-10-8-6-9/h9-10H,3-8H2,1-2H3. The highest BCUT2D eigenvalue weighted by atomic mass is 32.2. The zero-order chi connectivity index (χ0) is 10.6. The molecule has 5 heteroatoms. The molecule has 1 saturated heterocycles. The molecular formula is C9H20N2O2S. The van der Waals surface area contributed by atoms with Crippen LogP contribution in [0.1, 0.15) is 26.7 Å². The maximum absolute atomic E-state index is 12.0. The fourth-order valence-electron chi connectivity index (χ4n) is 1.89. The Kier molecular flexibility index (Phi) is 4.34. The normalized spacial score (nSPS) is 20.2. The zero-order valence-corrected chi connectivity index (χ0v) is 9.81. The lowest BCUT2D eigenvalue weighted by atomic mass is 10.2. The van der Waals surface area contributed by atoms with Crippen molar-refractivity contribution >= 4 is 10.0 Å². The van der Waals surface area contributed by atoms with E-state index in [-0.39, 0.29) is 5.25 Å². The minimum absolute atomic E-state index is 0.163. The molecule has 0 aromatic heterocycles. The van der Waals surface area contributed by atoms with Gasteiger partial charge < -0.3 is 5.32 Å². The van der Waals surface area contributed by atoms with E-state index in [0.717, 1.165) is 25.9 Å². The molecule has 1 N–H and O–H groups in total. The number of piperidine rings is 1. The van der Waals surface area contributed by atoms with Crippen LogP contribution >= 0.6 is 0 Å². The van der Waals surface area contributed by atoms with Crippen molar-refractivity contribution in [1.29, 1.82) is 0 Å². The molecule has 1 heterocycles. The van der Waals surface area contributed by atoms with E-state index in [1.165, 1.54) is 0 Å². The highest BCUT2D eigenvalue weighted by Crippen LogP contribution is 2.17. The van der Waals surface area contributed by atoms with E-state index in [1.54, 1.807) is 4.31 Å². The van der Waals surface area contributed by atoms with Crippen LogP contribution in [0.15, 0.2) is 0 Å². The summed E-state index contributed by atoms with van der Waals surface area (Å²) in [6.07, 6.45) is 1.50. The summed E-state index contributed by atoms with van der Waals surface area (Å²) >= 11 is 0. The summed E-state index contributed by atoms with van der Waals surface area (Å²) in [4.78, 5) is 0. The number of sulfonamides is 1. The number of hydrogen-bond donors (Lipinski definition) is 1. The van der Waals surface area contributed by atoms with Gasteiger partial charge in [-0.05, 0) is 25.9 Å². The average Bonchev–Trinajstić information content (AvgIpc) is 2.20. The van der Waals surface area contributed by atoms with Crippen molar-refractivity contribution in [2.24, 2.45) is 0 Å². The molecule has 0 radical (unpaired) electrons. The topological polar surface area (TPSA) is 49.4 Å². The van der Waals surface area contributed by atoms with Gasteiger partial charge in [-0.1, -0.05) is 13.8 Å². The first-order valence-corrected chi connectivity index (χ1v) is 6.83. The van der Waals surface area contributed by atoms with Crippen LogP contribution in [-0.2, 0) is 10.0 Å². The lowest BCUT2D eigenvalue weighted by Gasteiger charge is -2.28. The largest absolute Gasteiger partial charge is 0.317 e. The molecule has 0 aromatic rings. The predicted octanol–water partition coefficient (Wildman–Crippen LogP) is 0.410. The number of rotatable bonds is 4. The molecule has 1 rings (SSSR count). The van der Waals surface area contributed by atoms with Crippen molar-refractivity contribution in [1.82, 2.24) is 9.62 Å². The third-order valence-corrected chi connectivity index (χ3v) is 5.32. The van der Waals surface area contributed by atoms with Crippen molar-refractivity contribution < 1.29 is 8.42 Å². The van der Waals surface area contributed by atoms with Crippen LogP contribution < -0.4 is 5.32 Å². The van der Waals surface area contributed by atoms with Gasteiger partial charge >= 0.3 is 0 Å². The molecule has 1 fully saturated rings. The Labute approximate surface area is 86.7 Å². The molecular weight excluding hydrogens is 200 g/mol. The first kappa shape index (κ1) is 11.9. The van der Waals surface area contributed by atoms with Crippen molar-refractivity contribution in [2.45, 2.75) is 31.9 Å². The van der Waals surface area contributed by atoms with E-state index in [9.17, 15) is 8.42 Å². The molecule has 1 aliphatic heterocycles. The van der Waals surface area contributed by atoms with E-state index in [1.807, 2.05) is 13.8 Å². The van der Waals surface area contributed by atoms with Crippen LogP contribution in [0.2, 0.25) is 0 Å². The minimum atomic E-state index is -3.03. The summed E-state index contributed by atoms with van der Waals surface area (Å²) in [7, 11) is -3.03. The molecule has 14 heavy (non-hydrogen) atoms. The van der Waals surface area contributed by atoms with E-state index in [4.69, 9.17) is 0 Å². The molecule has 0 bridgehead atoms. The smallest absolute Gasteiger partial charge is 0.217 e. The molecule has 1 aliphatic rings. The third kappa shape index (κ3) is 2.46. The molecule has 0 saturated carbocycles. The van der Waals surface area contributed by atoms with E-state index < -0.39 is 10.0 Å². The van der Waals surface area contributed by atoms with Crippen molar-refractivity contribution in [2.75, 3.05) is 26.2 Å². The quantitative estimate of drug-likeness (QED) is 0.746. The van der Waals surface area contributed by atoms with Crippen molar-refractivity contribution in [3.63, 3.8) is 0 Å². The van der Waals surface area contributed by atoms with Crippen LogP contribution in [0.5, 0.6) is 0 Å². The lowest BCUT2D eigenvalue weighted by molar-refractivity contribution is 0.414. The Bertz CT molecular complexity index is 254. The molecule has 4 nitrogen and oxygen atoms in total. The second-order valence-corrected chi connectivity index (χ2v) is 5.79. The van der Waals surface area contributed by atoms with Gasteiger partial charge in [-0.15, -0.1) is 0 Å². The molecule has 84 valence electrons. The van der Waals surface area contributed by atoms with E-state index >= 15 is 0 Å². The molecule has 0 unspecified atom stereocenters. The molecule has 0 atom stereocenters. The Balaban J connectivity index is 2.71. The lowest BCUT2D eigenvalue weighted by Crippen LogP contribution is -2.43. The minimum Gasteiger partial charge on any atom is -0.317 e. The van der Waals surface area contributed by atoms with Crippen molar-refractivity contribution in [3.8, 4) is 0 Å². The summed E-state index contributed by atoms with van der Waals surface area (Å²) in [6, 6.07) is 0. The van der Waals surface area contributed by atoms with Crippen LogP contribution in [0.4, 0.5) is 0 Å². The van der Waals surface area contributed by atoms with Crippen LogP contribution in [-0.4, -0.2) is 44.2 Å². The third-order valence-electron chi connectivity index (χ3n) is 2.77. The van der Waals surface area contributed by atoms with Crippen LogP contribution in [0.25, 0.3) is 0 Å². The highest BCUT2D eigenvalue weighted by Gasteiger charge is 2.30. The van der Waals surface area contributed by atoms with Crippen LogP contribution in [0, 0.1) is 0 Å². The number of nitrogens with one attached hydrogen (secondary N) is 1. The first-order valence-electron chi connectivity index (χ1n) is 5.32. The fourth-order valence-corrected chi connectivity index (χ4v) is 3.86. The molecule has 0 aromatic carbocycles. The van der Waals surface area contributed by atoms with Gasteiger partial charge in [-0.25, -0.2) is 12.7 Å². The van der Waals surface area contributed by atoms with Gasteiger partial charge in [0, 0.05) is 13.1 Å². The average molecular weight is 220 g/mol. The van der Waals surface area contributed by atoms with Crippen molar-refractivity contribution in [3.05, 3.63) is 0 Å². The molecule has 0 amide bonds. The summed E-state index contributed by atoms with van der Waals surface area (Å²) in [5, 5.41) is 3.02. The van der Waals surface area contributed by atoms with Gasteiger partial charge in [-0.2, -0.15) is 0 Å². The Morgan fingerprint density at radius 3 is 2.14 bits per heavy atom. The second kappa shape index (κ2) is 5.09. The summed E-state index contributed by atoms with van der Waals surface area (Å²) in [5.41, 5.74) is 0. The Morgan fingerprint density at radius 2 is 1.71 bits per heavy atom. The van der Waals surface area contributed by atoms with Gasteiger partial charge in [0.25, 0.3) is 0 Å². The van der Waals surface area contributed by atoms with Gasteiger partial charge in [-0.3, -0.25) is 0 Å². The van der Waals surface area contributed by atoms with Gasteiger partial charge in [0.05, 0.1) is 5.25 Å². The Hall–Kier alpha value is -0.130. The monoisotopic (exact) mass is 220 g/mol. The first-order chi connectivity index (χ1) is 6.62. The number of hydrogen-bond acceptors (Lipinski definition) is 3. The van der Waals surface area contributed by atoms with E-state index in [0.29, 0.717) is 13.1 Å². The molecule has 0 aliphatic carbocycles. The Morgan fingerprint density at radius 1 is 1.21 bits per heavy atom.